The molecule has 1 aromatic heterocycles. The summed E-state index contributed by atoms with van der Waals surface area (Å²) in [6.07, 6.45) is 16.7. The van der Waals surface area contributed by atoms with E-state index in [0.717, 1.165) is 24.5 Å². The number of nitrogens with one attached hydrogen (secondary N) is 1. The highest BCUT2D eigenvalue weighted by molar-refractivity contribution is 5.85. The number of hydrogen-bond acceptors (Lipinski definition) is 1. The average Bonchev–Trinajstić information content (AvgIpc) is 3.00. The minimum Gasteiger partial charge on any atom is -0.476 e. The lowest BCUT2D eigenvalue weighted by Gasteiger charge is -2.28. The number of aromatic amines is 1. The normalized spacial score (nSPS) is 20.7. The molecule has 0 bridgehead atoms. The zero-order chi connectivity index (χ0) is 18.1. The maximum atomic E-state index is 13.6. The van der Waals surface area contributed by atoms with Crippen LogP contribution in [-0.2, 0) is 0 Å². The molecule has 0 aliphatic heterocycles. The van der Waals surface area contributed by atoms with Gasteiger partial charge >= 0.3 is 5.97 Å². The molecule has 0 saturated heterocycles. The Bertz CT molecular complexity index is 518. The monoisotopic (exact) mass is 351 g/mol. The van der Waals surface area contributed by atoms with Gasteiger partial charge in [-0.2, -0.15) is 0 Å². The fourth-order valence-corrected chi connectivity index (χ4v) is 4.15. The van der Waals surface area contributed by atoms with Crippen LogP contribution in [0.3, 0.4) is 0 Å². The lowest BCUT2D eigenvalue weighted by Crippen LogP contribution is -2.14. The van der Waals surface area contributed by atoms with E-state index >= 15 is 0 Å². The van der Waals surface area contributed by atoms with Gasteiger partial charge in [-0.15, -0.1) is 0 Å². The summed E-state index contributed by atoms with van der Waals surface area (Å²) < 4.78 is 13.6. The first-order valence-electron chi connectivity index (χ1n) is 10.2. The highest BCUT2D eigenvalue weighted by Crippen LogP contribution is 2.37. The second kappa shape index (κ2) is 10.6. The first-order valence-corrected chi connectivity index (χ1v) is 10.2. The van der Waals surface area contributed by atoms with E-state index in [2.05, 4.69) is 11.9 Å². The molecule has 2 rings (SSSR count). The molecule has 142 valence electrons. The first-order chi connectivity index (χ1) is 12.1. The number of carbonyl (C=O) groups is 1. The number of rotatable bonds is 11. The number of aromatic nitrogens is 1. The van der Waals surface area contributed by atoms with Gasteiger partial charge in [-0.05, 0) is 43.6 Å². The number of hydrogen-bond donors (Lipinski definition) is 2. The third kappa shape index (κ3) is 6.48. The number of halogens is 1. The third-order valence-corrected chi connectivity index (χ3v) is 5.76. The smallest absolute Gasteiger partial charge is 0.355 e. The van der Waals surface area contributed by atoms with E-state index in [1.54, 1.807) is 0 Å². The lowest BCUT2D eigenvalue weighted by atomic mass is 9.78. The maximum Gasteiger partial charge on any atom is 0.355 e. The molecule has 0 radical (unpaired) electrons. The van der Waals surface area contributed by atoms with Crippen LogP contribution in [0.25, 0.3) is 0 Å². The summed E-state index contributed by atoms with van der Waals surface area (Å²) in [5.74, 6) is -0.761. The zero-order valence-corrected chi connectivity index (χ0v) is 15.7. The number of carboxylic acid groups (broad SMARTS) is 1. The number of aromatic carboxylic acids is 1. The maximum absolute atomic E-state index is 13.6. The Labute approximate surface area is 151 Å². The quantitative estimate of drug-likeness (QED) is 0.438. The minimum absolute atomic E-state index is 0.289. The number of carboxylic acids is 1. The Kier molecular flexibility index (Phi) is 8.50. The standard InChI is InChI=1S/C21H34FNO2/c1-2-3-4-5-6-7-8-9-10-16-11-13-17(14-12-16)19-15-18(22)20(23-19)21(24)25/h15-17,23H,2-14H2,1H3,(H,24,25)/t16-,17-. The molecule has 1 aliphatic carbocycles. The molecule has 0 aromatic carbocycles. The molecule has 25 heavy (non-hydrogen) atoms. The van der Waals surface area contributed by atoms with Crippen molar-refractivity contribution >= 4 is 5.97 Å². The lowest BCUT2D eigenvalue weighted by molar-refractivity contribution is 0.0686. The number of H-pyrrole nitrogens is 1. The van der Waals surface area contributed by atoms with Crippen molar-refractivity contribution in [2.45, 2.75) is 96.3 Å². The summed E-state index contributed by atoms with van der Waals surface area (Å²) in [6, 6.07) is 1.38. The molecule has 4 heteroatoms. The van der Waals surface area contributed by atoms with Crippen LogP contribution in [0.2, 0.25) is 0 Å². The van der Waals surface area contributed by atoms with Gasteiger partial charge < -0.3 is 10.1 Å². The van der Waals surface area contributed by atoms with Crippen LogP contribution in [0.5, 0.6) is 0 Å². The predicted molar refractivity (Wildman–Crippen MR) is 99.6 cm³/mol. The van der Waals surface area contributed by atoms with Crippen molar-refractivity contribution in [1.29, 1.82) is 0 Å². The number of unbranched alkanes of at least 4 members (excludes halogenated alkanes) is 7. The molecule has 1 aliphatic rings. The SMILES string of the molecule is CCCCCCCCCC[C@H]1CC[C@H](c2cc(F)c(C(=O)O)[nH]2)CC1. The largest absolute Gasteiger partial charge is 0.476 e. The Morgan fingerprint density at radius 2 is 1.68 bits per heavy atom. The predicted octanol–water partition coefficient (Wildman–Crippen LogP) is 6.66. The summed E-state index contributed by atoms with van der Waals surface area (Å²) in [4.78, 5) is 13.7. The van der Waals surface area contributed by atoms with Gasteiger partial charge in [0, 0.05) is 5.69 Å². The Balaban J connectivity index is 1.60. The van der Waals surface area contributed by atoms with E-state index in [1.807, 2.05) is 0 Å². The summed E-state index contributed by atoms with van der Waals surface area (Å²) >= 11 is 0. The Hall–Kier alpha value is -1.32. The molecule has 2 N–H and O–H groups in total. The van der Waals surface area contributed by atoms with E-state index in [4.69, 9.17) is 5.11 Å². The van der Waals surface area contributed by atoms with E-state index < -0.39 is 11.8 Å². The van der Waals surface area contributed by atoms with Gasteiger partial charge in [-0.3, -0.25) is 0 Å². The summed E-state index contributed by atoms with van der Waals surface area (Å²) in [7, 11) is 0. The molecule has 0 unspecified atom stereocenters. The molecule has 0 amide bonds. The fraction of sp³-hybridized carbons (Fsp3) is 0.762. The molecule has 1 aromatic rings. The summed E-state index contributed by atoms with van der Waals surface area (Å²) in [5, 5.41) is 8.95. The van der Waals surface area contributed by atoms with Crippen LogP contribution < -0.4 is 0 Å². The summed E-state index contributed by atoms with van der Waals surface area (Å²) in [6.45, 7) is 2.26. The minimum atomic E-state index is -1.22. The Morgan fingerprint density at radius 1 is 1.08 bits per heavy atom. The molecular weight excluding hydrogens is 317 g/mol. The molecule has 3 nitrogen and oxygen atoms in total. The molecule has 1 fully saturated rings. The van der Waals surface area contributed by atoms with Crippen molar-refractivity contribution < 1.29 is 14.3 Å². The molecule has 1 heterocycles. The van der Waals surface area contributed by atoms with Gasteiger partial charge in [-0.25, -0.2) is 9.18 Å². The highest BCUT2D eigenvalue weighted by atomic mass is 19.1. The van der Waals surface area contributed by atoms with Gasteiger partial charge in [0.25, 0.3) is 0 Å². The molecule has 0 atom stereocenters. The molecular formula is C21H34FNO2. The van der Waals surface area contributed by atoms with Crippen LogP contribution in [0, 0.1) is 11.7 Å². The van der Waals surface area contributed by atoms with Gasteiger partial charge in [0.2, 0.25) is 0 Å². The average molecular weight is 352 g/mol. The highest BCUT2D eigenvalue weighted by Gasteiger charge is 2.25. The van der Waals surface area contributed by atoms with Gasteiger partial charge in [-0.1, -0.05) is 64.7 Å². The van der Waals surface area contributed by atoms with E-state index in [-0.39, 0.29) is 11.6 Å². The fourth-order valence-electron chi connectivity index (χ4n) is 4.15. The molecule has 1 saturated carbocycles. The van der Waals surface area contributed by atoms with Crippen molar-refractivity contribution in [3.63, 3.8) is 0 Å². The van der Waals surface area contributed by atoms with Crippen LogP contribution in [0.15, 0.2) is 6.07 Å². The molecule has 0 spiro atoms. The van der Waals surface area contributed by atoms with Crippen molar-refractivity contribution in [3.05, 3.63) is 23.3 Å². The zero-order valence-electron chi connectivity index (χ0n) is 15.7. The summed E-state index contributed by atoms with van der Waals surface area (Å²) in [5.41, 5.74) is 0.469. The van der Waals surface area contributed by atoms with Gasteiger partial charge in [0.05, 0.1) is 0 Å². The Morgan fingerprint density at radius 3 is 2.24 bits per heavy atom. The third-order valence-electron chi connectivity index (χ3n) is 5.76. The van der Waals surface area contributed by atoms with E-state index in [0.29, 0.717) is 0 Å². The van der Waals surface area contributed by atoms with E-state index in [9.17, 15) is 9.18 Å². The topological polar surface area (TPSA) is 53.1 Å². The van der Waals surface area contributed by atoms with Crippen molar-refractivity contribution in [2.75, 3.05) is 0 Å². The second-order valence-corrected chi connectivity index (χ2v) is 7.73. The first kappa shape index (κ1) is 20.0. The van der Waals surface area contributed by atoms with Gasteiger partial charge in [0.1, 0.15) is 0 Å². The van der Waals surface area contributed by atoms with Gasteiger partial charge in [0.15, 0.2) is 11.5 Å². The van der Waals surface area contributed by atoms with Crippen LogP contribution >= 0.6 is 0 Å². The van der Waals surface area contributed by atoms with E-state index in [1.165, 1.54) is 76.7 Å². The van der Waals surface area contributed by atoms with Crippen LogP contribution in [0.4, 0.5) is 4.39 Å². The van der Waals surface area contributed by atoms with Crippen molar-refractivity contribution in [3.8, 4) is 0 Å². The van der Waals surface area contributed by atoms with Crippen LogP contribution in [0.1, 0.15) is 112 Å². The second-order valence-electron chi connectivity index (χ2n) is 7.73. The van der Waals surface area contributed by atoms with Crippen molar-refractivity contribution in [2.24, 2.45) is 5.92 Å². The van der Waals surface area contributed by atoms with Crippen molar-refractivity contribution in [1.82, 2.24) is 4.98 Å². The van der Waals surface area contributed by atoms with Crippen LogP contribution in [-0.4, -0.2) is 16.1 Å².